The van der Waals surface area contributed by atoms with Crippen LogP contribution in [-0.4, -0.2) is 94.1 Å². The van der Waals surface area contributed by atoms with Gasteiger partial charge in [0.05, 0.1) is 66.9 Å². The van der Waals surface area contributed by atoms with Gasteiger partial charge in [-0.1, -0.05) is 37.3 Å². The van der Waals surface area contributed by atoms with Crippen molar-refractivity contribution in [2.75, 3.05) is 26.2 Å². The molecule has 18 nitrogen and oxygen atoms in total. The van der Waals surface area contributed by atoms with Crippen LogP contribution in [0, 0.1) is 12.7 Å². The molecule has 7 rings (SSSR count). The van der Waals surface area contributed by atoms with Gasteiger partial charge in [-0.25, -0.2) is 14.2 Å². The van der Waals surface area contributed by atoms with Crippen LogP contribution in [0.5, 0.6) is 0 Å². The summed E-state index contributed by atoms with van der Waals surface area (Å²) in [4.78, 5) is 97.5. The number of nitrogens with one attached hydrogen (secondary N) is 5. The molecule has 4 heterocycles. The van der Waals surface area contributed by atoms with E-state index in [0.717, 1.165) is 0 Å². The largest absolute Gasteiger partial charge is 0.458 e. The number of nitrogens with zero attached hydrogens (tertiary/aromatic N) is 2. The summed E-state index contributed by atoms with van der Waals surface area (Å²) in [6.45, 7) is 6.73. The van der Waals surface area contributed by atoms with E-state index in [0.29, 0.717) is 62.9 Å². The number of carbonyl (C=O) groups is 6. The number of aliphatic hydroxyl groups is 1. The van der Waals surface area contributed by atoms with Crippen molar-refractivity contribution in [1.82, 2.24) is 36.1 Å². The van der Waals surface area contributed by atoms with Gasteiger partial charge in [-0.05, 0) is 75.3 Å². The lowest BCUT2D eigenvalue weighted by atomic mass is 9.81. The van der Waals surface area contributed by atoms with Crippen LogP contribution in [0.15, 0.2) is 47.3 Å². The molecule has 19 heteroatoms. The molecule has 2 aliphatic heterocycles. The predicted octanol–water partition coefficient (Wildman–Crippen LogP) is 0.849. The summed E-state index contributed by atoms with van der Waals surface area (Å²) in [6.07, 6.45) is 0.690. The molecule has 1 aliphatic carbocycles. The number of ether oxygens (including phenoxy) is 2. The second-order valence-electron chi connectivity index (χ2n) is 17.5. The quantitative estimate of drug-likeness (QED) is 0.0722. The van der Waals surface area contributed by atoms with Crippen LogP contribution in [-0.2, 0) is 69.8 Å². The van der Waals surface area contributed by atoms with Crippen LogP contribution in [0.1, 0.15) is 85.5 Å². The van der Waals surface area contributed by atoms with E-state index in [1.54, 1.807) is 71.0 Å². The Morgan fingerprint density at radius 3 is 2.35 bits per heavy atom. The van der Waals surface area contributed by atoms with E-state index in [1.807, 2.05) is 0 Å². The van der Waals surface area contributed by atoms with Crippen LogP contribution < -0.4 is 37.9 Å². The maximum atomic E-state index is 15.5. The molecular weight excluding hydrogens is 844 g/mol. The summed E-state index contributed by atoms with van der Waals surface area (Å²) in [5, 5.41) is 25.3. The molecule has 5 amide bonds. The third-order valence-corrected chi connectivity index (χ3v) is 12.0. The molecule has 0 saturated carbocycles. The van der Waals surface area contributed by atoms with Gasteiger partial charge in [0.2, 0.25) is 29.5 Å². The van der Waals surface area contributed by atoms with Crippen LogP contribution in [0.25, 0.3) is 22.3 Å². The van der Waals surface area contributed by atoms with Gasteiger partial charge in [-0.2, -0.15) is 0 Å². The number of fused-ring (bicyclic) bond motifs is 5. The van der Waals surface area contributed by atoms with Gasteiger partial charge in [-0.15, -0.1) is 0 Å². The first-order valence-corrected chi connectivity index (χ1v) is 21.5. The number of benzene rings is 2. The molecule has 65 heavy (non-hydrogen) atoms. The van der Waals surface area contributed by atoms with Crippen molar-refractivity contribution < 1.29 is 47.7 Å². The highest BCUT2D eigenvalue weighted by Gasteiger charge is 2.46. The fourth-order valence-corrected chi connectivity index (χ4v) is 8.58. The second kappa shape index (κ2) is 18.5. The van der Waals surface area contributed by atoms with Crippen LogP contribution in [0.4, 0.5) is 4.39 Å². The predicted molar refractivity (Wildman–Crippen MR) is 233 cm³/mol. The van der Waals surface area contributed by atoms with Gasteiger partial charge in [-0.3, -0.25) is 28.8 Å². The highest BCUT2D eigenvalue weighted by atomic mass is 19.1. The Bertz CT molecular complexity index is 2660. The zero-order chi connectivity index (χ0) is 47.0. The first-order chi connectivity index (χ1) is 30.8. The minimum absolute atomic E-state index is 0.0246. The minimum atomic E-state index is -2.06. The third kappa shape index (κ3) is 9.48. The molecule has 4 atom stereocenters. The summed E-state index contributed by atoms with van der Waals surface area (Å²) in [5.41, 5.74) is 6.28. The van der Waals surface area contributed by atoms with E-state index >= 15 is 4.39 Å². The number of esters is 1. The number of cyclic esters (lactones) is 1. The van der Waals surface area contributed by atoms with E-state index in [9.17, 15) is 38.7 Å². The van der Waals surface area contributed by atoms with Crippen LogP contribution in [0.2, 0.25) is 0 Å². The third-order valence-electron chi connectivity index (χ3n) is 12.0. The number of hydrogen-bond acceptors (Lipinski definition) is 12. The molecule has 4 aromatic rings. The number of aromatic nitrogens is 2. The van der Waals surface area contributed by atoms with Gasteiger partial charge >= 0.3 is 5.97 Å². The Morgan fingerprint density at radius 2 is 1.68 bits per heavy atom. The van der Waals surface area contributed by atoms with Crippen LogP contribution >= 0.6 is 0 Å². The van der Waals surface area contributed by atoms with Gasteiger partial charge in [0, 0.05) is 29.0 Å². The summed E-state index contributed by atoms with van der Waals surface area (Å²) < 4.78 is 28.2. The Morgan fingerprint density at radius 1 is 0.985 bits per heavy atom. The number of aryl methyl sites for hydroxylation is 1. The lowest BCUT2D eigenvalue weighted by Crippen LogP contribution is -2.55. The molecule has 0 radical (unpaired) electrons. The SMILES string of the molecule is CC[C@@]1(O)C(=O)OCc2c1cc1n(c2=O)Cc2c-1nc1cc(F)c(C)c3c1c2[C@@H](NC(=O)[C@H](COC(C)(C)C)NC(=O)CNC(=O)C(Cc1ccccc1)NC(=O)CNC(=O)CN)CC3. The van der Waals surface area contributed by atoms with Gasteiger partial charge < -0.3 is 51.5 Å². The highest BCUT2D eigenvalue weighted by molar-refractivity contribution is 5.96. The molecule has 8 N–H and O–H groups in total. The first-order valence-electron chi connectivity index (χ1n) is 21.5. The Labute approximate surface area is 373 Å². The average molecular weight is 897 g/mol. The van der Waals surface area contributed by atoms with E-state index < -0.39 is 89.3 Å². The van der Waals surface area contributed by atoms with E-state index in [1.165, 1.54) is 10.6 Å². The lowest BCUT2D eigenvalue weighted by molar-refractivity contribution is -0.172. The number of amides is 5. The Kier molecular flexibility index (Phi) is 13.2. The number of hydrogen-bond donors (Lipinski definition) is 7. The molecule has 2 aromatic carbocycles. The number of pyridine rings is 2. The number of carbonyl (C=O) groups excluding carboxylic acids is 6. The zero-order valence-electron chi connectivity index (χ0n) is 36.8. The van der Waals surface area contributed by atoms with Crippen molar-refractivity contribution >= 4 is 46.4 Å². The number of halogens is 1. The lowest BCUT2D eigenvalue weighted by Gasteiger charge is -2.32. The fraction of sp³-hybridized carbons (Fsp3) is 0.435. The van der Waals surface area contributed by atoms with E-state index in [-0.39, 0.29) is 50.3 Å². The monoisotopic (exact) mass is 896 g/mol. The minimum Gasteiger partial charge on any atom is -0.458 e. The number of rotatable bonds is 15. The van der Waals surface area contributed by atoms with Crippen molar-refractivity contribution in [1.29, 1.82) is 0 Å². The van der Waals surface area contributed by atoms with E-state index in [2.05, 4.69) is 26.6 Å². The van der Waals surface area contributed by atoms with E-state index in [4.69, 9.17) is 20.2 Å². The standard InChI is InChI=1S/C46H53FN8O10/c1-6-46(63)28-15-34-40-26(20-55(34)43(61)27(28)21-64-44(46)62)39-30(13-12-25-23(2)29(47)16-31(53-40)38(25)39)54-42(60)33(22-65-45(3,4)5)52-37(58)19-50-41(59)32(14-24-10-8-7-9-11-24)51-36(57)18-49-35(56)17-48/h7-11,15-16,30,32-33,63H,6,12-14,17-22,48H2,1-5H3,(H,49,56)(H,50,59)(H,51,57)(H,52,58)(H,54,60)/t30-,32?,33-,46-/m0/s1. The first kappa shape index (κ1) is 46.4. The maximum absolute atomic E-state index is 15.5. The Balaban J connectivity index is 1.15. The molecule has 344 valence electrons. The molecule has 3 aliphatic rings. The molecule has 1 unspecified atom stereocenters. The second-order valence-corrected chi connectivity index (χ2v) is 17.5. The molecule has 0 fully saturated rings. The molecule has 0 bridgehead atoms. The van der Waals surface area contributed by atoms with Crippen molar-refractivity contribution in [3.8, 4) is 11.4 Å². The fourth-order valence-electron chi connectivity index (χ4n) is 8.58. The highest BCUT2D eigenvalue weighted by Crippen LogP contribution is 2.46. The van der Waals surface area contributed by atoms with Gasteiger partial charge in [0.15, 0.2) is 5.60 Å². The van der Waals surface area contributed by atoms with Crippen molar-refractivity contribution in [2.45, 2.75) is 103 Å². The van der Waals surface area contributed by atoms with Crippen LogP contribution in [0.3, 0.4) is 0 Å². The zero-order valence-corrected chi connectivity index (χ0v) is 36.8. The maximum Gasteiger partial charge on any atom is 0.343 e. The summed E-state index contributed by atoms with van der Waals surface area (Å²) in [5.74, 6) is -4.63. The molecule has 2 aromatic heterocycles. The van der Waals surface area contributed by atoms with Crippen molar-refractivity contribution in [3.63, 3.8) is 0 Å². The van der Waals surface area contributed by atoms with Gasteiger partial charge in [0.25, 0.3) is 5.56 Å². The molecule has 0 saturated heterocycles. The molecular formula is C46H53FN8O10. The molecule has 0 spiro atoms. The summed E-state index contributed by atoms with van der Waals surface area (Å²) in [6, 6.07) is 8.60. The van der Waals surface area contributed by atoms with Gasteiger partial charge in [0.1, 0.15) is 24.5 Å². The normalized spacial score (nSPS) is 18.0. The summed E-state index contributed by atoms with van der Waals surface area (Å²) >= 11 is 0. The topological polar surface area (TPSA) is 262 Å². The number of nitrogens with two attached hydrogens (primary N) is 1. The smallest absolute Gasteiger partial charge is 0.343 e. The van der Waals surface area contributed by atoms with Crippen molar-refractivity contribution in [3.05, 3.63) is 97.6 Å². The average Bonchev–Trinajstić information content (AvgIpc) is 3.65. The summed E-state index contributed by atoms with van der Waals surface area (Å²) in [7, 11) is 0. The Hall–Kier alpha value is -6.57. The van der Waals surface area contributed by atoms with Crippen molar-refractivity contribution in [2.24, 2.45) is 5.73 Å².